The fourth-order valence-corrected chi connectivity index (χ4v) is 4.43. The summed E-state index contributed by atoms with van der Waals surface area (Å²) in [6, 6.07) is 11.3. The Balaban J connectivity index is 1.28. The molecule has 0 radical (unpaired) electrons. The number of para-hydroxylation sites is 2. The van der Waals surface area contributed by atoms with Crippen molar-refractivity contribution >= 4 is 23.9 Å². The summed E-state index contributed by atoms with van der Waals surface area (Å²) in [5.41, 5.74) is 0.980. The first-order valence-corrected chi connectivity index (χ1v) is 13.1. The Kier molecular flexibility index (Phi) is 10.00. The summed E-state index contributed by atoms with van der Waals surface area (Å²) in [4.78, 5) is 12.3. The lowest BCUT2D eigenvalue weighted by molar-refractivity contribution is -0.118. The number of hydrogen-bond acceptors (Lipinski definition) is 9. The molecule has 0 aliphatic rings. The van der Waals surface area contributed by atoms with Crippen LogP contribution < -0.4 is 14.9 Å². The van der Waals surface area contributed by atoms with Crippen LogP contribution in [-0.2, 0) is 24.5 Å². The van der Waals surface area contributed by atoms with E-state index in [0.29, 0.717) is 40.8 Å². The molecule has 4 rings (SSSR count). The van der Waals surface area contributed by atoms with Crippen molar-refractivity contribution in [2.45, 2.75) is 44.6 Å². The first-order chi connectivity index (χ1) is 19.8. The van der Waals surface area contributed by atoms with Crippen LogP contribution in [0.4, 0.5) is 17.6 Å². The van der Waals surface area contributed by atoms with Crippen LogP contribution in [0.5, 0.6) is 11.5 Å². The van der Waals surface area contributed by atoms with Gasteiger partial charge in [0.25, 0.3) is 18.8 Å². The van der Waals surface area contributed by atoms with Crippen molar-refractivity contribution in [3.63, 3.8) is 0 Å². The third-order valence-electron chi connectivity index (χ3n) is 5.51. The molecule has 218 valence electrons. The molecule has 0 unspecified atom stereocenters. The predicted octanol–water partition coefficient (Wildman–Crippen LogP) is 4.84. The third-order valence-corrected chi connectivity index (χ3v) is 6.48. The summed E-state index contributed by atoms with van der Waals surface area (Å²) in [6.45, 7) is 1.98. The van der Waals surface area contributed by atoms with E-state index < -0.39 is 30.1 Å². The molecule has 3 heterocycles. The van der Waals surface area contributed by atoms with Gasteiger partial charge in [-0.15, -0.1) is 10.2 Å². The molecule has 16 heteroatoms. The Morgan fingerprint density at radius 3 is 2.63 bits per heavy atom. The van der Waals surface area contributed by atoms with Crippen LogP contribution in [0, 0.1) is 0 Å². The average Bonchev–Trinajstić information content (AvgIpc) is 3.69. The number of furan rings is 1. The van der Waals surface area contributed by atoms with Crippen LogP contribution in [0.15, 0.2) is 57.1 Å². The number of ether oxygens (including phenoxy) is 2. The largest absolute Gasteiger partial charge is 0.493 e. The van der Waals surface area contributed by atoms with E-state index in [-0.39, 0.29) is 24.7 Å². The minimum atomic E-state index is -2.99. The van der Waals surface area contributed by atoms with Gasteiger partial charge in [0.2, 0.25) is 0 Å². The molecule has 41 heavy (non-hydrogen) atoms. The van der Waals surface area contributed by atoms with E-state index in [0.717, 1.165) is 16.4 Å². The van der Waals surface area contributed by atoms with Gasteiger partial charge in [0.1, 0.15) is 36.1 Å². The maximum absolute atomic E-state index is 13.3. The lowest BCUT2D eigenvalue weighted by Crippen LogP contribution is -2.20. The predicted molar refractivity (Wildman–Crippen MR) is 139 cm³/mol. The van der Waals surface area contributed by atoms with Crippen molar-refractivity contribution in [2.75, 3.05) is 12.9 Å². The minimum Gasteiger partial charge on any atom is -0.493 e. The third kappa shape index (κ3) is 7.65. The van der Waals surface area contributed by atoms with Crippen molar-refractivity contribution in [1.82, 2.24) is 30.0 Å². The highest BCUT2D eigenvalue weighted by molar-refractivity contribution is 7.99. The van der Waals surface area contributed by atoms with Gasteiger partial charge in [-0.05, 0) is 37.3 Å². The van der Waals surface area contributed by atoms with Gasteiger partial charge in [-0.3, -0.25) is 9.48 Å². The zero-order chi connectivity index (χ0) is 29.4. The fraction of sp³-hybridized carbons (Fsp3) is 0.320. The molecule has 11 nitrogen and oxygen atoms in total. The van der Waals surface area contributed by atoms with E-state index in [9.17, 15) is 22.4 Å². The van der Waals surface area contributed by atoms with Crippen molar-refractivity contribution in [1.29, 1.82) is 0 Å². The van der Waals surface area contributed by atoms with E-state index in [2.05, 4.69) is 25.8 Å². The zero-order valence-electron chi connectivity index (χ0n) is 21.8. The van der Waals surface area contributed by atoms with Crippen molar-refractivity contribution in [3.8, 4) is 11.5 Å². The Labute approximate surface area is 235 Å². The number of hydrogen-bond donors (Lipinski definition) is 1. The SMILES string of the molecule is CCn1c(Cn2nc(C(F)F)cc2C(F)F)nnc1SCC(=O)N/N=C\c1ccc(COc2ccccc2OC)o1. The molecule has 1 aromatic carbocycles. The molecule has 0 saturated carbocycles. The molecule has 0 saturated heterocycles. The number of nitrogens with zero attached hydrogens (tertiary/aromatic N) is 6. The van der Waals surface area contributed by atoms with E-state index in [1.807, 2.05) is 12.1 Å². The number of rotatable bonds is 14. The highest BCUT2D eigenvalue weighted by Gasteiger charge is 2.23. The van der Waals surface area contributed by atoms with Gasteiger partial charge in [-0.2, -0.15) is 10.2 Å². The zero-order valence-corrected chi connectivity index (χ0v) is 22.7. The smallest absolute Gasteiger partial charge is 0.282 e. The van der Waals surface area contributed by atoms with Gasteiger partial charge in [0.15, 0.2) is 22.5 Å². The fourth-order valence-electron chi connectivity index (χ4n) is 3.61. The molecule has 0 bridgehead atoms. The summed E-state index contributed by atoms with van der Waals surface area (Å²) >= 11 is 1.04. The monoisotopic (exact) mass is 595 g/mol. The van der Waals surface area contributed by atoms with Crippen LogP contribution >= 0.6 is 11.8 Å². The molecular formula is C25H25F4N7O4S. The van der Waals surface area contributed by atoms with Crippen LogP contribution in [-0.4, -0.2) is 49.5 Å². The standard InChI is InChI=1S/C25H25F4N7O4S/c1-3-35-21(12-36-18(24(28)29)10-17(34-36)23(26)27)31-33-25(35)41-14-22(37)32-30-11-15-8-9-16(40-15)13-39-20-7-5-4-6-19(20)38-2/h4-11,23-24H,3,12-14H2,1-2H3,(H,32,37)/b30-11-. The van der Waals surface area contributed by atoms with Gasteiger partial charge >= 0.3 is 0 Å². The van der Waals surface area contributed by atoms with Crippen LogP contribution in [0.3, 0.4) is 0 Å². The number of hydrazone groups is 1. The van der Waals surface area contributed by atoms with E-state index >= 15 is 0 Å². The number of aromatic nitrogens is 5. The molecule has 0 atom stereocenters. The second kappa shape index (κ2) is 13.8. The maximum Gasteiger partial charge on any atom is 0.282 e. The summed E-state index contributed by atoms with van der Waals surface area (Å²) in [5.74, 6) is 1.79. The molecule has 0 aliphatic heterocycles. The van der Waals surface area contributed by atoms with Gasteiger partial charge in [-0.25, -0.2) is 23.0 Å². The lowest BCUT2D eigenvalue weighted by Gasteiger charge is -2.09. The van der Waals surface area contributed by atoms with Gasteiger partial charge in [0, 0.05) is 6.54 Å². The van der Waals surface area contributed by atoms with Gasteiger partial charge in [-0.1, -0.05) is 23.9 Å². The Morgan fingerprint density at radius 1 is 1.15 bits per heavy atom. The maximum atomic E-state index is 13.3. The first kappa shape index (κ1) is 29.6. The second-order valence-electron chi connectivity index (χ2n) is 8.22. The van der Waals surface area contributed by atoms with Gasteiger partial charge in [0.05, 0.1) is 19.1 Å². The quantitative estimate of drug-likeness (QED) is 0.0952. The molecule has 1 N–H and O–H groups in total. The Hall–Kier alpha value is -4.34. The summed E-state index contributed by atoms with van der Waals surface area (Å²) in [5, 5.41) is 15.8. The van der Waals surface area contributed by atoms with Crippen molar-refractivity contribution in [2.24, 2.45) is 5.10 Å². The number of thioether (sulfide) groups is 1. The van der Waals surface area contributed by atoms with E-state index in [4.69, 9.17) is 13.9 Å². The number of methoxy groups -OCH3 is 1. The van der Waals surface area contributed by atoms with Gasteiger partial charge < -0.3 is 18.5 Å². The second-order valence-corrected chi connectivity index (χ2v) is 9.16. The topological polar surface area (TPSA) is 122 Å². The lowest BCUT2D eigenvalue weighted by atomic mass is 10.3. The number of benzene rings is 1. The highest BCUT2D eigenvalue weighted by Crippen LogP contribution is 2.27. The van der Waals surface area contributed by atoms with Crippen LogP contribution in [0.25, 0.3) is 0 Å². The molecule has 3 aromatic heterocycles. The van der Waals surface area contributed by atoms with E-state index in [1.54, 1.807) is 42.9 Å². The average molecular weight is 596 g/mol. The number of alkyl halides is 4. The number of carbonyl (C=O) groups excluding carboxylic acids is 1. The molecule has 0 fully saturated rings. The highest BCUT2D eigenvalue weighted by atomic mass is 32.2. The minimum absolute atomic E-state index is 0.0782. The summed E-state index contributed by atoms with van der Waals surface area (Å²) in [7, 11) is 1.55. The molecule has 0 spiro atoms. The van der Waals surface area contributed by atoms with Crippen molar-refractivity contribution < 1.29 is 36.2 Å². The Morgan fingerprint density at radius 2 is 1.93 bits per heavy atom. The van der Waals surface area contributed by atoms with E-state index in [1.165, 1.54) is 6.21 Å². The normalized spacial score (nSPS) is 11.6. The number of carbonyl (C=O) groups is 1. The number of halogens is 4. The molecule has 1 amide bonds. The number of nitrogens with one attached hydrogen (secondary N) is 1. The summed E-state index contributed by atoms with van der Waals surface area (Å²) in [6.07, 6.45) is -4.65. The van der Waals surface area contributed by atoms with Crippen LogP contribution in [0.1, 0.15) is 48.5 Å². The Bertz CT molecular complexity index is 1490. The molecule has 0 aliphatic carbocycles. The van der Waals surface area contributed by atoms with Crippen LogP contribution in [0.2, 0.25) is 0 Å². The van der Waals surface area contributed by atoms with Crippen molar-refractivity contribution in [3.05, 3.63) is 71.2 Å². The molecule has 4 aromatic rings. The first-order valence-electron chi connectivity index (χ1n) is 12.1. The molecular weight excluding hydrogens is 570 g/mol. The number of amides is 1. The summed E-state index contributed by atoms with van der Waals surface area (Å²) < 4.78 is 71.5.